The summed E-state index contributed by atoms with van der Waals surface area (Å²) < 4.78 is 26.2. The molecule has 0 aromatic heterocycles. The molecule has 0 unspecified atom stereocenters. The number of hydrogen-bond donors (Lipinski definition) is 1. The monoisotopic (exact) mass is 346 g/mol. The number of halogens is 2. The van der Waals surface area contributed by atoms with E-state index in [1.807, 2.05) is 32.9 Å². The van der Waals surface area contributed by atoms with Gasteiger partial charge in [0.25, 0.3) is 5.91 Å². The molecule has 0 saturated heterocycles. The zero-order valence-corrected chi connectivity index (χ0v) is 14.6. The van der Waals surface area contributed by atoms with Crippen LogP contribution in [0.4, 0.5) is 14.5 Å². The van der Waals surface area contributed by atoms with Crippen molar-refractivity contribution in [3.63, 3.8) is 0 Å². The van der Waals surface area contributed by atoms with E-state index in [1.165, 1.54) is 13.1 Å². The van der Waals surface area contributed by atoms with Crippen molar-refractivity contribution in [2.45, 2.75) is 20.8 Å². The Morgan fingerprint density at radius 2 is 1.60 bits per heavy atom. The lowest BCUT2D eigenvalue weighted by atomic mass is 10.1. The van der Waals surface area contributed by atoms with Crippen molar-refractivity contribution < 1.29 is 18.4 Å². The van der Waals surface area contributed by atoms with Crippen LogP contribution in [-0.2, 0) is 4.79 Å². The molecule has 2 amide bonds. The number of aryl methyl sites for hydroxylation is 3. The van der Waals surface area contributed by atoms with E-state index in [-0.39, 0.29) is 18.0 Å². The van der Waals surface area contributed by atoms with Crippen LogP contribution in [0.15, 0.2) is 30.3 Å². The van der Waals surface area contributed by atoms with Crippen molar-refractivity contribution in [3.8, 4) is 0 Å². The van der Waals surface area contributed by atoms with Gasteiger partial charge in [-0.05, 0) is 50.1 Å². The maximum absolute atomic E-state index is 13.2. The highest BCUT2D eigenvalue weighted by atomic mass is 19.2. The molecule has 0 radical (unpaired) electrons. The van der Waals surface area contributed by atoms with E-state index in [1.54, 1.807) is 0 Å². The highest BCUT2D eigenvalue weighted by Crippen LogP contribution is 2.21. The number of anilines is 1. The number of nitrogens with zero attached hydrogens (tertiary/aromatic N) is 1. The van der Waals surface area contributed by atoms with Gasteiger partial charge in [-0.25, -0.2) is 8.78 Å². The molecule has 0 aliphatic heterocycles. The van der Waals surface area contributed by atoms with Crippen molar-refractivity contribution in [1.82, 2.24) is 4.90 Å². The van der Waals surface area contributed by atoms with Gasteiger partial charge in [-0.15, -0.1) is 0 Å². The fourth-order valence-electron chi connectivity index (χ4n) is 2.69. The summed E-state index contributed by atoms with van der Waals surface area (Å²) >= 11 is 0. The second kappa shape index (κ2) is 7.42. The Balaban J connectivity index is 2.07. The van der Waals surface area contributed by atoms with Gasteiger partial charge in [0, 0.05) is 18.3 Å². The third-order valence-corrected chi connectivity index (χ3v) is 3.84. The molecule has 0 spiro atoms. The number of hydrogen-bond acceptors (Lipinski definition) is 2. The average molecular weight is 346 g/mol. The normalized spacial score (nSPS) is 10.5. The predicted octanol–water partition coefficient (Wildman–Crippen LogP) is 3.60. The summed E-state index contributed by atoms with van der Waals surface area (Å²) in [5, 5.41) is 2.80. The van der Waals surface area contributed by atoms with Crippen molar-refractivity contribution in [2.75, 3.05) is 18.9 Å². The van der Waals surface area contributed by atoms with Crippen LogP contribution in [0.25, 0.3) is 0 Å². The predicted molar refractivity (Wildman–Crippen MR) is 92.6 cm³/mol. The van der Waals surface area contributed by atoms with Crippen LogP contribution in [0.5, 0.6) is 0 Å². The molecule has 25 heavy (non-hydrogen) atoms. The fourth-order valence-corrected chi connectivity index (χ4v) is 2.69. The van der Waals surface area contributed by atoms with Crippen LogP contribution in [0, 0.1) is 32.4 Å². The van der Waals surface area contributed by atoms with E-state index >= 15 is 0 Å². The van der Waals surface area contributed by atoms with Gasteiger partial charge in [0.15, 0.2) is 11.6 Å². The molecule has 132 valence electrons. The summed E-state index contributed by atoms with van der Waals surface area (Å²) in [6, 6.07) is 6.80. The molecule has 2 aromatic rings. The number of carbonyl (C=O) groups is 2. The largest absolute Gasteiger partial charge is 0.332 e. The lowest BCUT2D eigenvalue weighted by Crippen LogP contribution is -2.35. The molecular formula is C19H20F2N2O2. The maximum atomic E-state index is 13.2. The van der Waals surface area contributed by atoms with Crippen molar-refractivity contribution in [3.05, 3.63) is 64.2 Å². The Bertz CT molecular complexity index is 811. The number of benzene rings is 2. The lowest BCUT2D eigenvalue weighted by molar-refractivity contribution is -0.116. The molecule has 0 bridgehead atoms. The first-order valence-electron chi connectivity index (χ1n) is 7.77. The summed E-state index contributed by atoms with van der Waals surface area (Å²) in [4.78, 5) is 25.6. The molecule has 0 saturated carbocycles. The first-order chi connectivity index (χ1) is 11.7. The summed E-state index contributed by atoms with van der Waals surface area (Å²) in [7, 11) is 1.43. The maximum Gasteiger partial charge on any atom is 0.254 e. The summed E-state index contributed by atoms with van der Waals surface area (Å²) in [5.41, 5.74) is 3.65. The zero-order valence-electron chi connectivity index (χ0n) is 14.6. The zero-order chi connectivity index (χ0) is 18.7. The molecule has 2 rings (SSSR count). The van der Waals surface area contributed by atoms with E-state index in [2.05, 4.69) is 5.32 Å². The smallest absolute Gasteiger partial charge is 0.254 e. The van der Waals surface area contributed by atoms with Crippen molar-refractivity contribution in [2.24, 2.45) is 0 Å². The van der Waals surface area contributed by atoms with Crippen LogP contribution in [-0.4, -0.2) is 30.3 Å². The van der Waals surface area contributed by atoms with Crippen LogP contribution < -0.4 is 5.32 Å². The standard InChI is InChI=1S/C19H20F2N2O2/c1-11-7-12(2)18(13(3)8-11)22-17(24)10-23(4)19(25)14-5-6-15(20)16(21)9-14/h5-9H,10H2,1-4H3,(H,22,24). The topological polar surface area (TPSA) is 49.4 Å². The Labute approximate surface area is 145 Å². The van der Waals surface area contributed by atoms with Gasteiger partial charge < -0.3 is 10.2 Å². The van der Waals surface area contributed by atoms with Crippen LogP contribution in [0.1, 0.15) is 27.0 Å². The molecule has 0 fully saturated rings. The number of carbonyl (C=O) groups excluding carboxylic acids is 2. The second-order valence-corrected chi connectivity index (χ2v) is 6.11. The van der Waals surface area contributed by atoms with Crippen LogP contribution in [0.3, 0.4) is 0 Å². The molecular weight excluding hydrogens is 326 g/mol. The van der Waals surface area contributed by atoms with Gasteiger partial charge >= 0.3 is 0 Å². The van der Waals surface area contributed by atoms with Crippen molar-refractivity contribution in [1.29, 1.82) is 0 Å². The van der Waals surface area contributed by atoms with Gasteiger partial charge in [0.1, 0.15) is 0 Å². The number of rotatable bonds is 4. The van der Waals surface area contributed by atoms with Gasteiger partial charge in [0.2, 0.25) is 5.91 Å². The van der Waals surface area contributed by atoms with Crippen LogP contribution in [0.2, 0.25) is 0 Å². The third kappa shape index (κ3) is 4.41. The van der Waals surface area contributed by atoms with E-state index in [0.717, 1.165) is 33.7 Å². The van der Waals surface area contributed by atoms with Crippen LogP contribution >= 0.6 is 0 Å². The molecule has 0 aliphatic rings. The van der Waals surface area contributed by atoms with E-state index in [9.17, 15) is 18.4 Å². The SMILES string of the molecule is Cc1cc(C)c(NC(=O)CN(C)C(=O)c2ccc(F)c(F)c2)c(C)c1. The summed E-state index contributed by atoms with van der Waals surface area (Å²) in [5.74, 6) is -3.06. The fraction of sp³-hybridized carbons (Fsp3) is 0.263. The molecule has 0 atom stereocenters. The molecule has 1 N–H and O–H groups in total. The quantitative estimate of drug-likeness (QED) is 0.920. The lowest BCUT2D eigenvalue weighted by Gasteiger charge is -2.18. The van der Waals surface area contributed by atoms with Gasteiger partial charge in [-0.1, -0.05) is 17.7 Å². The molecule has 4 nitrogen and oxygen atoms in total. The minimum atomic E-state index is -1.10. The second-order valence-electron chi connectivity index (χ2n) is 6.11. The third-order valence-electron chi connectivity index (χ3n) is 3.84. The molecule has 0 heterocycles. The van der Waals surface area contributed by atoms with Gasteiger partial charge in [-0.3, -0.25) is 9.59 Å². The number of likely N-dealkylation sites (N-methyl/N-ethyl adjacent to an activating group) is 1. The molecule has 2 aromatic carbocycles. The van der Waals surface area contributed by atoms with Gasteiger partial charge in [-0.2, -0.15) is 0 Å². The number of nitrogens with one attached hydrogen (secondary N) is 1. The Kier molecular flexibility index (Phi) is 5.51. The highest BCUT2D eigenvalue weighted by molar-refractivity contribution is 5.99. The number of amides is 2. The highest BCUT2D eigenvalue weighted by Gasteiger charge is 2.17. The summed E-state index contributed by atoms with van der Waals surface area (Å²) in [6.07, 6.45) is 0. The van der Waals surface area contributed by atoms with Crippen molar-refractivity contribution >= 4 is 17.5 Å². The first-order valence-corrected chi connectivity index (χ1v) is 7.77. The molecule has 6 heteroatoms. The average Bonchev–Trinajstić information content (AvgIpc) is 2.52. The Hall–Kier alpha value is -2.76. The van der Waals surface area contributed by atoms with E-state index < -0.39 is 17.5 Å². The Morgan fingerprint density at radius 3 is 2.16 bits per heavy atom. The Morgan fingerprint density at radius 1 is 1.00 bits per heavy atom. The van der Waals surface area contributed by atoms with E-state index in [4.69, 9.17) is 0 Å². The van der Waals surface area contributed by atoms with Gasteiger partial charge in [0.05, 0.1) is 6.54 Å². The first kappa shape index (κ1) is 18.6. The van der Waals surface area contributed by atoms with E-state index in [0.29, 0.717) is 5.69 Å². The summed E-state index contributed by atoms with van der Waals surface area (Å²) in [6.45, 7) is 5.56. The molecule has 0 aliphatic carbocycles. The minimum Gasteiger partial charge on any atom is -0.332 e. The minimum absolute atomic E-state index is 0.0168.